The maximum Gasteiger partial charge on any atom is 0.337 e. The Hall–Kier alpha value is -2.23. The van der Waals surface area contributed by atoms with E-state index in [-0.39, 0.29) is 11.8 Å². The molecule has 4 nitrogen and oxygen atoms in total. The highest BCUT2D eigenvalue weighted by atomic mass is 16.5. The van der Waals surface area contributed by atoms with Crippen molar-refractivity contribution in [3.63, 3.8) is 0 Å². The second-order valence-electron chi connectivity index (χ2n) is 4.32. The van der Waals surface area contributed by atoms with Crippen LogP contribution in [0.4, 0.5) is 0 Å². The van der Waals surface area contributed by atoms with E-state index in [4.69, 9.17) is 5.41 Å². The molecule has 0 saturated carbocycles. The molecule has 1 rings (SSSR count). The molecule has 0 radical (unpaired) electrons. The van der Waals surface area contributed by atoms with Crippen LogP contribution in [0.15, 0.2) is 41.9 Å². The van der Waals surface area contributed by atoms with Gasteiger partial charge in [-0.3, -0.25) is 5.41 Å². The molecule has 0 unspecified atom stereocenters. The van der Waals surface area contributed by atoms with Gasteiger partial charge in [-0.1, -0.05) is 32.6 Å². The maximum atomic E-state index is 11.4. The molecule has 0 atom stereocenters. The van der Waals surface area contributed by atoms with Gasteiger partial charge in [-0.2, -0.15) is 0 Å². The minimum absolute atomic E-state index is 0.106. The number of aliphatic imine (C=N–C) groups is 1. The van der Waals surface area contributed by atoms with Crippen molar-refractivity contribution in [1.82, 2.24) is 0 Å². The number of hydrogen-bond acceptors (Lipinski definition) is 3. The number of benzene rings is 1. The Labute approximate surface area is 113 Å². The molecule has 19 heavy (non-hydrogen) atoms. The van der Waals surface area contributed by atoms with E-state index >= 15 is 0 Å². The predicted molar refractivity (Wildman–Crippen MR) is 77.1 cm³/mol. The molecule has 0 aliphatic rings. The SMILES string of the molecule is C=CC(=NC(=N)c1cccc(C(=O)OC)c1)C(C)C. The number of amidine groups is 1. The van der Waals surface area contributed by atoms with E-state index in [1.165, 1.54) is 7.11 Å². The highest BCUT2D eigenvalue weighted by Gasteiger charge is 2.09. The van der Waals surface area contributed by atoms with Gasteiger partial charge < -0.3 is 4.74 Å². The van der Waals surface area contributed by atoms with Crippen LogP contribution in [0.5, 0.6) is 0 Å². The Bertz CT molecular complexity index is 531. The quantitative estimate of drug-likeness (QED) is 0.512. The molecule has 0 heterocycles. The molecule has 0 fully saturated rings. The van der Waals surface area contributed by atoms with Crippen LogP contribution in [0.25, 0.3) is 0 Å². The number of esters is 1. The second-order valence-corrected chi connectivity index (χ2v) is 4.32. The largest absolute Gasteiger partial charge is 0.465 e. The van der Waals surface area contributed by atoms with E-state index in [1.54, 1.807) is 30.3 Å². The van der Waals surface area contributed by atoms with E-state index in [0.29, 0.717) is 11.1 Å². The van der Waals surface area contributed by atoms with Crippen molar-refractivity contribution in [2.75, 3.05) is 7.11 Å². The summed E-state index contributed by atoms with van der Waals surface area (Å²) < 4.78 is 4.65. The van der Waals surface area contributed by atoms with Gasteiger partial charge in [-0.05, 0) is 24.1 Å². The monoisotopic (exact) mass is 258 g/mol. The maximum absolute atomic E-state index is 11.4. The Morgan fingerprint density at radius 2 is 2.05 bits per heavy atom. The first-order valence-corrected chi connectivity index (χ1v) is 5.98. The highest BCUT2D eigenvalue weighted by molar-refractivity contribution is 6.09. The average molecular weight is 258 g/mol. The molecule has 4 heteroatoms. The van der Waals surface area contributed by atoms with Gasteiger partial charge in [0.05, 0.1) is 12.7 Å². The average Bonchev–Trinajstić information content (AvgIpc) is 2.43. The zero-order valence-electron chi connectivity index (χ0n) is 11.4. The summed E-state index contributed by atoms with van der Waals surface area (Å²) >= 11 is 0. The topological polar surface area (TPSA) is 62.5 Å². The van der Waals surface area contributed by atoms with Crippen LogP contribution >= 0.6 is 0 Å². The lowest BCUT2D eigenvalue weighted by Gasteiger charge is -2.06. The van der Waals surface area contributed by atoms with Gasteiger partial charge in [0.15, 0.2) is 5.84 Å². The molecule has 1 aromatic rings. The van der Waals surface area contributed by atoms with Crippen LogP contribution in [0.1, 0.15) is 29.8 Å². The molecule has 1 N–H and O–H groups in total. The summed E-state index contributed by atoms with van der Waals surface area (Å²) in [6.45, 7) is 7.66. The van der Waals surface area contributed by atoms with Crippen LogP contribution in [0.3, 0.4) is 0 Å². The summed E-state index contributed by atoms with van der Waals surface area (Å²) in [6, 6.07) is 6.68. The number of nitrogens with zero attached hydrogens (tertiary/aromatic N) is 1. The van der Waals surface area contributed by atoms with Crippen LogP contribution in [-0.4, -0.2) is 24.6 Å². The van der Waals surface area contributed by atoms with E-state index in [9.17, 15) is 4.79 Å². The summed E-state index contributed by atoms with van der Waals surface area (Å²) in [7, 11) is 1.33. The van der Waals surface area contributed by atoms with Gasteiger partial charge >= 0.3 is 5.97 Å². The third-order valence-corrected chi connectivity index (χ3v) is 2.60. The lowest BCUT2D eigenvalue weighted by molar-refractivity contribution is 0.0600. The molecule has 100 valence electrons. The molecule has 0 saturated heterocycles. The highest BCUT2D eigenvalue weighted by Crippen LogP contribution is 2.09. The van der Waals surface area contributed by atoms with Gasteiger partial charge in [0.2, 0.25) is 0 Å². The summed E-state index contributed by atoms with van der Waals surface area (Å²) in [5.74, 6) is -0.123. The minimum atomic E-state index is -0.425. The predicted octanol–water partition coefficient (Wildman–Crippen LogP) is 3.08. The third kappa shape index (κ3) is 3.88. The van der Waals surface area contributed by atoms with Crippen molar-refractivity contribution < 1.29 is 9.53 Å². The van der Waals surface area contributed by atoms with Crippen molar-refractivity contribution >= 4 is 17.5 Å². The molecule has 0 spiro atoms. The van der Waals surface area contributed by atoms with Crippen LogP contribution in [0, 0.1) is 11.3 Å². The molecule has 0 aliphatic heterocycles. The lowest BCUT2D eigenvalue weighted by Crippen LogP contribution is -2.09. The number of carbonyl (C=O) groups is 1. The lowest BCUT2D eigenvalue weighted by atomic mass is 10.1. The van der Waals surface area contributed by atoms with Crippen LogP contribution < -0.4 is 0 Å². The molecule has 0 amide bonds. The number of carbonyl (C=O) groups excluding carboxylic acids is 1. The van der Waals surface area contributed by atoms with E-state index in [2.05, 4.69) is 16.3 Å². The van der Waals surface area contributed by atoms with E-state index in [1.807, 2.05) is 13.8 Å². The van der Waals surface area contributed by atoms with Gasteiger partial charge in [0, 0.05) is 11.3 Å². The fourth-order valence-electron chi connectivity index (χ4n) is 1.52. The van der Waals surface area contributed by atoms with Crippen molar-refractivity contribution in [2.24, 2.45) is 10.9 Å². The van der Waals surface area contributed by atoms with Crippen molar-refractivity contribution in [3.8, 4) is 0 Å². The van der Waals surface area contributed by atoms with Crippen molar-refractivity contribution in [1.29, 1.82) is 5.41 Å². The Morgan fingerprint density at radius 3 is 2.58 bits per heavy atom. The zero-order chi connectivity index (χ0) is 14.4. The fourth-order valence-corrected chi connectivity index (χ4v) is 1.52. The summed E-state index contributed by atoms with van der Waals surface area (Å²) in [4.78, 5) is 15.7. The van der Waals surface area contributed by atoms with Gasteiger partial charge in [-0.25, -0.2) is 9.79 Å². The minimum Gasteiger partial charge on any atom is -0.465 e. The first-order valence-electron chi connectivity index (χ1n) is 5.98. The van der Waals surface area contributed by atoms with Gasteiger partial charge in [0.1, 0.15) is 0 Å². The number of allylic oxidation sites excluding steroid dienone is 1. The van der Waals surface area contributed by atoms with Crippen molar-refractivity contribution in [3.05, 3.63) is 48.0 Å². The molecular weight excluding hydrogens is 240 g/mol. The number of ether oxygens (including phenoxy) is 1. The Balaban J connectivity index is 3.07. The van der Waals surface area contributed by atoms with Crippen LogP contribution in [0.2, 0.25) is 0 Å². The van der Waals surface area contributed by atoms with Gasteiger partial charge in [-0.15, -0.1) is 0 Å². The van der Waals surface area contributed by atoms with Crippen molar-refractivity contribution in [2.45, 2.75) is 13.8 Å². The smallest absolute Gasteiger partial charge is 0.337 e. The normalized spacial score (nSPS) is 11.3. The van der Waals surface area contributed by atoms with Gasteiger partial charge in [0.25, 0.3) is 0 Å². The first kappa shape index (κ1) is 14.8. The molecule has 0 aromatic heterocycles. The summed E-state index contributed by atoms with van der Waals surface area (Å²) in [6.07, 6.45) is 1.64. The standard InChI is InChI=1S/C15H18N2O2/c1-5-13(10(2)3)17-14(16)11-7-6-8-12(9-11)15(18)19-4/h5-10,16H,1H2,2-4H3. The Kier molecular flexibility index (Phi) is 5.18. The number of nitrogens with one attached hydrogen (secondary N) is 1. The summed E-state index contributed by atoms with van der Waals surface area (Å²) in [5.41, 5.74) is 1.72. The number of hydrogen-bond donors (Lipinski definition) is 1. The Morgan fingerprint density at radius 1 is 1.42 bits per heavy atom. The van der Waals surface area contributed by atoms with E-state index in [0.717, 1.165) is 5.71 Å². The first-order chi connectivity index (χ1) is 8.99. The zero-order valence-corrected chi connectivity index (χ0v) is 11.4. The van der Waals surface area contributed by atoms with E-state index < -0.39 is 5.97 Å². The molecule has 0 aliphatic carbocycles. The number of methoxy groups -OCH3 is 1. The second kappa shape index (κ2) is 6.64. The molecule has 1 aromatic carbocycles. The number of rotatable bonds is 4. The fraction of sp³-hybridized carbons (Fsp3) is 0.267. The molecule has 0 bridgehead atoms. The van der Waals surface area contributed by atoms with Crippen LogP contribution in [-0.2, 0) is 4.74 Å². The summed E-state index contributed by atoms with van der Waals surface area (Å²) in [5, 5.41) is 7.96. The molecular formula is C15H18N2O2. The third-order valence-electron chi connectivity index (χ3n) is 2.60.